The van der Waals surface area contributed by atoms with E-state index < -0.39 is 0 Å². The summed E-state index contributed by atoms with van der Waals surface area (Å²) in [5.74, 6) is 1.74. The summed E-state index contributed by atoms with van der Waals surface area (Å²) in [4.78, 5) is 16.8. The van der Waals surface area contributed by atoms with Crippen molar-refractivity contribution in [2.75, 3.05) is 20.8 Å². The Hall–Kier alpha value is -3.54. The number of benzene rings is 2. The van der Waals surface area contributed by atoms with Gasteiger partial charge in [-0.25, -0.2) is 0 Å². The second kappa shape index (κ2) is 8.22. The van der Waals surface area contributed by atoms with Crippen molar-refractivity contribution in [1.82, 2.24) is 10.3 Å². The SMILES string of the molecule is COc1ccc(OC)c(C(=O)NC[C@H]2Cc3cccc(-c4ccncc4)c3O2)c1. The van der Waals surface area contributed by atoms with Gasteiger partial charge < -0.3 is 19.5 Å². The standard InChI is InChI=1S/C23H22N2O4/c1-27-17-6-7-21(28-2)20(13-17)23(26)25-14-18-12-16-4-3-5-19(22(16)29-18)15-8-10-24-11-9-15/h3-11,13,18H,12,14H2,1-2H3,(H,25,26)/t18-/m1/s1. The molecule has 3 aromatic rings. The third-order valence-corrected chi connectivity index (χ3v) is 4.96. The maximum Gasteiger partial charge on any atom is 0.255 e. The van der Waals surface area contributed by atoms with Crippen LogP contribution in [0.2, 0.25) is 0 Å². The van der Waals surface area contributed by atoms with Crippen LogP contribution in [0.5, 0.6) is 17.2 Å². The number of pyridine rings is 1. The molecule has 1 aliphatic rings. The van der Waals surface area contributed by atoms with Crippen molar-refractivity contribution in [3.05, 3.63) is 72.1 Å². The van der Waals surface area contributed by atoms with Gasteiger partial charge in [-0.05, 0) is 41.5 Å². The largest absolute Gasteiger partial charge is 0.497 e. The van der Waals surface area contributed by atoms with Gasteiger partial charge in [0, 0.05) is 24.4 Å². The van der Waals surface area contributed by atoms with E-state index in [4.69, 9.17) is 14.2 Å². The van der Waals surface area contributed by atoms with Crippen molar-refractivity contribution in [2.24, 2.45) is 0 Å². The molecule has 29 heavy (non-hydrogen) atoms. The molecule has 6 heteroatoms. The van der Waals surface area contributed by atoms with Crippen LogP contribution in [0, 0.1) is 0 Å². The quantitative estimate of drug-likeness (QED) is 0.698. The number of hydrogen-bond acceptors (Lipinski definition) is 5. The Morgan fingerprint density at radius 3 is 2.72 bits per heavy atom. The molecule has 4 rings (SSSR count). The van der Waals surface area contributed by atoms with Crippen LogP contribution >= 0.6 is 0 Å². The summed E-state index contributed by atoms with van der Waals surface area (Å²) in [7, 11) is 3.10. The number of fused-ring (bicyclic) bond motifs is 1. The van der Waals surface area contributed by atoms with Gasteiger partial charge in [-0.1, -0.05) is 18.2 Å². The Morgan fingerprint density at radius 2 is 1.97 bits per heavy atom. The Labute approximate surface area is 169 Å². The molecular weight excluding hydrogens is 368 g/mol. The molecule has 0 aliphatic carbocycles. The predicted molar refractivity (Wildman–Crippen MR) is 110 cm³/mol. The number of carbonyl (C=O) groups is 1. The fourth-order valence-electron chi connectivity index (χ4n) is 3.50. The second-order valence-electron chi connectivity index (χ2n) is 6.75. The van der Waals surface area contributed by atoms with Crippen molar-refractivity contribution in [2.45, 2.75) is 12.5 Å². The number of amides is 1. The highest BCUT2D eigenvalue weighted by molar-refractivity contribution is 5.97. The number of aromatic nitrogens is 1. The van der Waals surface area contributed by atoms with Gasteiger partial charge in [-0.2, -0.15) is 0 Å². The Bertz CT molecular complexity index is 1020. The lowest BCUT2D eigenvalue weighted by molar-refractivity contribution is 0.0930. The topological polar surface area (TPSA) is 69.7 Å². The van der Waals surface area contributed by atoms with Gasteiger partial charge in [0.25, 0.3) is 5.91 Å². The second-order valence-corrected chi connectivity index (χ2v) is 6.75. The summed E-state index contributed by atoms with van der Waals surface area (Å²) in [6.45, 7) is 0.393. The van der Waals surface area contributed by atoms with Crippen LogP contribution in [0.25, 0.3) is 11.1 Å². The maximum absolute atomic E-state index is 12.7. The lowest BCUT2D eigenvalue weighted by Gasteiger charge is -2.15. The first-order valence-electron chi connectivity index (χ1n) is 9.38. The summed E-state index contributed by atoms with van der Waals surface area (Å²) in [5.41, 5.74) is 3.66. The van der Waals surface area contributed by atoms with Crippen LogP contribution in [0.1, 0.15) is 15.9 Å². The van der Waals surface area contributed by atoms with Gasteiger partial charge in [0.1, 0.15) is 23.4 Å². The number of para-hydroxylation sites is 1. The molecule has 1 amide bonds. The highest BCUT2D eigenvalue weighted by atomic mass is 16.5. The summed E-state index contributed by atoms with van der Waals surface area (Å²) < 4.78 is 16.7. The summed E-state index contributed by atoms with van der Waals surface area (Å²) in [6, 6.07) is 15.2. The Balaban J connectivity index is 1.46. The van der Waals surface area contributed by atoms with Crippen LogP contribution < -0.4 is 19.5 Å². The van der Waals surface area contributed by atoms with Crippen molar-refractivity contribution < 1.29 is 19.0 Å². The highest BCUT2D eigenvalue weighted by Gasteiger charge is 2.26. The first kappa shape index (κ1) is 18.8. The molecule has 0 spiro atoms. The summed E-state index contributed by atoms with van der Waals surface area (Å²) in [5, 5.41) is 2.95. The number of hydrogen-bond donors (Lipinski definition) is 1. The minimum Gasteiger partial charge on any atom is -0.497 e. The molecule has 1 aromatic heterocycles. The third kappa shape index (κ3) is 3.87. The van der Waals surface area contributed by atoms with E-state index in [0.717, 1.165) is 28.9 Å². The first-order chi connectivity index (χ1) is 14.2. The molecule has 2 aromatic carbocycles. The van der Waals surface area contributed by atoms with Crippen molar-refractivity contribution in [1.29, 1.82) is 0 Å². The van der Waals surface area contributed by atoms with Crippen molar-refractivity contribution in [3.63, 3.8) is 0 Å². The van der Waals surface area contributed by atoms with Crippen LogP contribution in [0.15, 0.2) is 60.9 Å². The molecule has 0 radical (unpaired) electrons. The zero-order valence-electron chi connectivity index (χ0n) is 16.3. The average Bonchev–Trinajstić information content (AvgIpc) is 3.20. The minimum atomic E-state index is -0.227. The molecule has 148 valence electrons. The summed E-state index contributed by atoms with van der Waals surface area (Å²) >= 11 is 0. The van der Waals surface area contributed by atoms with Gasteiger partial charge in [0.2, 0.25) is 0 Å². The smallest absolute Gasteiger partial charge is 0.255 e. The van der Waals surface area contributed by atoms with Gasteiger partial charge >= 0.3 is 0 Å². The van der Waals surface area contributed by atoms with E-state index in [1.165, 1.54) is 7.11 Å². The first-order valence-corrected chi connectivity index (χ1v) is 9.38. The van der Waals surface area contributed by atoms with E-state index in [1.807, 2.05) is 24.3 Å². The van der Waals surface area contributed by atoms with E-state index in [-0.39, 0.29) is 12.0 Å². The monoisotopic (exact) mass is 390 g/mol. The average molecular weight is 390 g/mol. The van der Waals surface area contributed by atoms with E-state index >= 15 is 0 Å². The molecule has 2 heterocycles. The molecule has 1 aliphatic heterocycles. The van der Waals surface area contributed by atoms with Gasteiger partial charge in [0.05, 0.1) is 26.3 Å². The fraction of sp³-hybridized carbons (Fsp3) is 0.217. The Morgan fingerprint density at radius 1 is 1.14 bits per heavy atom. The lowest BCUT2D eigenvalue weighted by atomic mass is 10.0. The van der Waals surface area contributed by atoms with Crippen LogP contribution in [0.3, 0.4) is 0 Å². The van der Waals surface area contributed by atoms with E-state index in [9.17, 15) is 4.79 Å². The van der Waals surface area contributed by atoms with E-state index in [1.54, 1.807) is 37.7 Å². The minimum absolute atomic E-state index is 0.131. The summed E-state index contributed by atoms with van der Waals surface area (Å²) in [6.07, 6.45) is 4.14. The number of nitrogens with one attached hydrogen (secondary N) is 1. The maximum atomic E-state index is 12.7. The number of nitrogens with zero attached hydrogens (tertiary/aromatic N) is 1. The molecule has 0 fully saturated rings. The van der Waals surface area contributed by atoms with Gasteiger partial charge in [-0.3, -0.25) is 9.78 Å². The fourth-order valence-corrected chi connectivity index (χ4v) is 3.50. The van der Waals surface area contributed by atoms with Crippen molar-refractivity contribution in [3.8, 4) is 28.4 Å². The van der Waals surface area contributed by atoms with E-state index in [2.05, 4.69) is 16.4 Å². The molecule has 1 atom stereocenters. The number of methoxy groups -OCH3 is 2. The zero-order chi connectivity index (χ0) is 20.2. The molecular formula is C23H22N2O4. The lowest BCUT2D eigenvalue weighted by Crippen LogP contribution is -2.34. The molecule has 0 saturated carbocycles. The normalized spacial score (nSPS) is 14.6. The number of rotatable bonds is 6. The molecule has 0 saturated heterocycles. The highest BCUT2D eigenvalue weighted by Crippen LogP contribution is 2.38. The van der Waals surface area contributed by atoms with Crippen molar-refractivity contribution >= 4 is 5.91 Å². The van der Waals surface area contributed by atoms with Crippen LogP contribution in [-0.4, -0.2) is 37.8 Å². The predicted octanol–water partition coefficient (Wildman–Crippen LogP) is 3.50. The van der Waals surface area contributed by atoms with Gasteiger partial charge in [-0.15, -0.1) is 0 Å². The zero-order valence-corrected chi connectivity index (χ0v) is 16.3. The van der Waals surface area contributed by atoms with Gasteiger partial charge in [0.15, 0.2) is 0 Å². The molecule has 6 nitrogen and oxygen atoms in total. The van der Waals surface area contributed by atoms with Crippen LogP contribution in [0.4, 0.5) is 0 Å². The number of carbonyl (C=O) groups excluding carboxylic acids is 1. The van der Waals surface area contributed by atoms with Crippen LogP contribution in [-0.2, 0) is 6.42 Å². The molecule has 1 N–H and O–H groups in total. The third-order valence-electron chi connectivity index (χ3n) is 4.96. The van der Waals surface area contributed by atoms with E-state index in [0.29, 0.717) is 23.6 Å². The number of ether oxygens (including phenoxy) is 3. The molecule has 0 bridgehead atoms. The molecule has 0 unspecified atom stereocenters. The Kier molecular flexibility index (Phi) is 5.33.